The van der Waals surface area contributed by atoms with E-state index >= 15 is 0 Å². The number of unbranched alkanes of at least 4 members (excludes halogenated alkanes) is 3. The number of amides is 1. The van der Waals surface area contributed by atoms with E-state index in [-0.39, 0.29) is 5.91 Å². The number of anilines is 1. The highest BCUT2D eigenvalue weighted by molar-refractivity contribution is 9.10. The number of rotatable bonds is 7. The maximum atomic E-state index is 11.7. The van der Waals surface area contributed by atoms with E-state index in [1.807, 2.05) is 0 Å². The largest absolute Gasteiger partial charge is 0.330 e. The molecule has 0 fully saturated rings. The molecule has 0 saturated carbocycles. The highest BCUT2D eigenvalue weighted by Crippen LogP contribution is 2.20. The van der Waals surface area contributed by atoms with Crippen LogP contribution in [0, 0.1) is 11.3 Å². The number of hydrogen-bond acceptors (Lipinski definition) is 3. The van der Waals surface area contributed by atoms with Crippen LogP contribution in [-0.4, -0.2) is 12.5 Å². The van der Waals surface area contributed by atoms with Gasteiger partial charge in [-0.3, -0.25) is 4.79 Å². The van der Waals surface area contributed by atoms with Gasteiger partial charge in [0.05, 0.1) is 11.3 Å². The van der Waals surface area contributed by atoms with Crippen molar-refractivity contribution in [1.82, 2.24) is 0 Å². The first kappa shape index (κ1) is 15.7. The van der Waals surface area contributed by atoms with Crippen molar-refractivity contribution >= 4 is 27.5 Å². The summed E-state index contributed by atoms with van der Waals surface area (Å²) in [6.45, 7) is 0.705. The maximum Gasteiger partial charge on any atom is 0.224 e. The molecule has 102 valence electrons. The van der Waals surface area contributed by atoms with Crippen molar-refractivity contribution in [2.75, 3.05) is 11.9 Å². The molecule has 1 aromatic rings. The van der Waals surface area contributed by atoms with Crippen LogP contribution in [0.25, 0.3) is 0 Å². The SMILES string of the molecule is N#Cc1cc(Br)ccc1NC(=O)CCCCCCN. The number of hydrogen-bond donors (Lipinski definition) is 2. The number of nitrogens with zero attached hydrogens (tertiary/aromatic N) is 1. The first-order valence-electron chi connectivity index (χ1n) is 6.37. The zero-order chi connectivity index (χ0) is 14.1. The highest BCUT2D eigenvalue weighted by Gasteiger charge is 2.07. The van der Waals surface area contributed by atoms with E-state index < -0.39 is 0 Å². The van der Waals surface area contributed by atoms with E-state index in [0.29, 0.717) is 24.2 Å². The minimum Gasteiger partial charge on any atom is -0.330 e. The molecule has 1 aromatic carbocycles. The Morgan fingerprint density at radius 1 is 1.32 bits per heavy atom. The Morgan fingerprint density at radius 3 is 2.74 bits per heavy atom. The number of carbonyl (C=O) groups is 1. The molecule has 0 heterocycles. The third-order valence-electron chi connectivity index (χ3n) is 2.73. The molecule has 19 heavy (non-hydrogen) atoms. The summed E-state index contributed by atoms with van der Waals surface area (Å²) in [6.07, 6.45) is 4.41. The molecule has 0 radical (unpaired) electrons. The summed E-state index contributed by atoms with van der Waals surface area (Å²) in [5, 5.41) is 11.8. The fraction of sp³-hybridized carbons (Fsp3) is 0.429. The lowest BCUT2D eigenvalue weighted by Crippen LogP contribution is -2.12. The average Bonchev–Trinajstić information content (AvgIpc) is 2.40. The molecular weight excluding hydrogens is 306 g/mol. The molecule has 0 aromatic heterocycles. The van der Waals surface area contributed by atoms with E-state index in [9.17, 15) is 4.79 Å². The van der Waals surface area contributed by atoms with Crippen LogP contribution >= 0.6 is 15.9 Å². The van der Waals surface area contributed by atoms with Gasteiger partial charge in [0.25, 0.3) is 0 Å². The molecule has 0 atom stereocenters. The summed E-state index contributed by atoms with van der Waals surface area (Å²) in [5.74, 6) is -0.0495. The van der Waals surface area contributed by atoms with Gasteiger partial charge < -0.3 is 11.1 Å². The molecule has 0 saturated heterocycles. The quantitative estimate of drug-likeness (QED) is 0.756. The minimum absolute atomic E-state index is 0.0495. The second kappa shape index (κ2) is 8.68. The van der Waals surface area contributed by atoms with Crippen molar-refractivity contribution < 1.29 is 4.79 Å². The van der Waals surface area contributed by atoms with Crippen molar-refractivity contribution in [2.24, 2.45) is 5.73 Å². The van der Waals surface area contributed by atoms with Crippen molar-refractivity contribution in [3.8, 4) is 6.07 Å². The Bertz CT molecular complexity index is 468. The van der Waals surface area contributed by atoms with Crippen LogP contribution in [0.3, 0.4) is 0 Å². The summed E-state index contributed by atoms with van der Waals surface area (Å²) in [7, 11) is 0. The first-order valence-corrected chi connectivity index (χ1v) is 7.16. The summed E-state index contributed by atoms with van der Waals surface area (Å²) in [6, 6.07) is 7.29. The average molecular weight is 324 g/mol. The number of nitrogens with one attached hydrogen (secondary N) is 1. The third kappa shape index (κ3) is 5.86. The van der Waals surface area contributed by atoms with Gasteiger partial charge in [-0.1, -0.05) is 28.8 Å². The van der Waals surface area contributed by atoms with Gasteiger partial charge in [-0.15, -0.1) is 0 Å². The molecular formula is C14H18BrN3O. The summed E-state index contributed by atoms with van der Waals surface area (Å²) in [5.41, 5.74) is 6.43. The maximum absolute atomic E-state index is 11.7. The molecule has 1 amide bonds. The molecule has 0 bridgehead atoms. The van der Waals surface area contributed by atoms with Crippen molar-refractivity contribution in [3.05, 3.63) is 28.2 Å². The van der Waals surface area contributed by atoms with Gasteiger partial charge in [-0.2, -0.15) is 5.26 Å². The van der Waals surface area contributed by atoms with E-state index in [4.69, 9.17) is 11.0 Å². The normalized spacial score (nSPS) is 9.95. The van der Waals surface area contributed by atoms with Crippen LogP contribution in [0.15, 0.2) is 22.7 Å². The van der Waals surface area contributed by atoms with Crippen molar-refractivity contribution in [3.63, 3.8) is 0 Å². The lowest BCUT2D eigenvalue weighted by atomic mass is 10.1. The summed E-state index contributed by atoms with van der Waals surface area (Å²) in [4.78, 5) is 11.7. The van der Waals surface area contributed by atoms with Gasteiger partial charge in [0.1, 0.15) is 6.07 Å². The molecule has 0 aliphatic rings. The van der Waals surface area contributed by atoms with Gasteiger partial charge >= 0.3 is 0 Å². The predicted octanol–water partition coefficient (Wildman–Crippen LogP) is 3.17. The summed E-state index contributed by atoms with van der Waals surface area (Å²) >= 11 is 3.30. The Hall–Kier alpha value is -1.38. The fourth-order valence-electron chi connectivity index (χ4n) is 1.71. The number of halogens is 1. The molecule has 0 aliphatic carbocycles. The predicted molar refractivity (Wildman–Crippen MR) is 79.6 cm³/mol. The van der Waals surface area contributed by atoms with E-state index in [2.05, 4.69) is 27.3 Å². The number of carbonyl (C=O) groups excluding carboxylic acids is 1. The smallest absolute Gasteiger partial charge is 0.224 e. The number of nitriles is 1. The summed E-state index contributed by atoms with van der Waals surface area (Å²) < 4.78 is 0.823. The standard InChI is InChI=1S/C14H18BrN3O/c15-12-6-7-13(11(9-12)10-17)18-14(19)5-3-1-2-4-8-16/h6-7,9H,1-5,8,16H2,(H,18,19). The molecule has 4 nitrogen and oxygen atoms in total. The van der Waals surface area contributed by atoms with Gasteiger partial charge in [0, 0.05) is 10.9 Å². The Balaban J connectivity index is 2.42. The third-order valence-corrected chi connectivity index (χ3v) is 3.23. The van der Waals surface area contributed by atoms with Gasteiger partial charge in [-0.05, 0) is 37.6 Å². The van der Waals surface area contributed by atoms with Gasteiger partial charge in [0.15, 0.2) is 0 Å². The topological polar surface area (TPSA) is 78.9 Å². The molecule has 1 rings (SSSR count). The van der Waals surface area contributed by atoms with Crippen LogP contribution in [0.1, 0.15) is 37.7 Å². The van der Waals surface area contributed by atoms with E-state index in [1.54, 1.807) is 18.2 Å². The van der Waals surface area contributed by atoms with E-state index in [1.165, 1.54) is 0 Å². The number of nitrogens with two attached hydrogens (primary N) is 1. The lowest BCUT2D eigenvalue weighted by Gasteiger charge is -2.07. The Kier molecular flexibility index (Phi) is 7.16. The second-order valence-electron chi connectivity index (χ2n) is 4.30. The molecule has 0 spiro atoms. The molecule has 5 heteroatoms. The zero-order valence-corrected chi connectivity index (χ0v) is 12.4. The van der Waals surface area contributed by atoms with E-state index in [0.717, 1.165) is 30.2 Å². The van der Waals surface area contributed by atoms with Crippen LogP contribution in [0.4, 0.5) is 5.69 Å². The van der Waals surface area contributed by atoms with Crippen LogP contribution in [0.5, 0.6) is 0 Å². The van der Waals surface area contributed by atoms with Crippen LogP contribution in [0.2, 0.25) is 0 Å². The van der Waals surface area contributed by atoms with Crippen molar-refractivity contribution in [1.29, 1.82) is 5.26 Å². The first-order chi connectivity index (χ1) is 9.17. The monoisotopic (exact) mass is 323 g/mol. The highest BCUT2D eigenvalue weighted by atomic mass is 79.9. The molecule has 3 N–H and O–H groups in total. The lowest BCUT2D eigenvalue weighted by molar-refractivity contribution is -0.116. The van der Waals surface area contributed by atoms with Crippen LogP contribution in [-0.2, 0) is 4.79 Å². The van der Waals surface area contributed by atoms with Crippen LogP contribution < -0.4 is 11.1 Å². The minimum atomic E-state index is -0.0495. The Labute approximate surface area is 122 Å². The van der Waals surface area contributed by atoms with Gasteiger partial charge in [0.2, 0.25) is 5.91 Å². The molecule has 0 unspecified atom stereocenters. The fourth-order valence-corrected chi connectivity index (χ4v) is 2.08. The molecule has 0 aliphatic heterocycles. The van der Waals surface area contributed by atoms with Crippen molar-refractivity contribution in [2.45, 2.75) is 32.1 Å². The second-order valence-corrected chi connectivity index (χ2v) is 5.22. The number of benzene rings is 1. The Morgan fingerprint density at radius 2 is 2.05 bits per heavy atom. The van der Waals surface area contributed by atoms with Gasteiger partial charge in [-0.25, -0.2) is 0 Å². The zero-order valence-electron chi connectivity index (χ0n) is 10.8.